The van der Waals surface area contributed by atoms with Crippen LogP contribution in [0.15, 0.2) is 48.7 Å². The van der Waals surface area contributed by atoms with Gasteiger partial charge in [0.05, 0.1) is 6.42 Å². The van der Waals surface area contributed by atoms with Crippen LogP contribution in [0.4, 0.5) is 10.2 Å². The molecule has 0 spiro atoms. The Morgan fingerprint density at radius 3 is 2.69 bits per heavy atom. The van der Waals surface area contributed by atoms with E-state index in [9.17, 15) is 9.18 Å². The molecule has 0 aliphatic carbocycles. The predicted octanol–water partition coefficient (Wildman–Crippen LogP) is 2.82. The molecule has 2 saturated heterocycles. The third kappa shape index (κ3) is 5.32. The molecule has 0 N–H and O–H groups in total. The van der Waals surface area contributed by atoms with Gasteiger partial charge in [-0.05, 0) is 48.6 Å². The van der Waals surface area contributed by atoms with Crippen molar-refractivity contribution in [2.24, 2.45) is 5.92 Å². The van der Waals surface area contributed by atoms with Crippen molar-refractivity contribution in [3.05, 3.63) is 60.0 Å². The van der Waals surface area contributed by atoms with Gasteiger partial charge in [-0.2, -0.15) is 0 Å². The molecule has 29 heavy (non-hydrogen) atoms. The molecule has 0 radical (unpaired) electrons. The standard InChI is InChI=1S/C23H29FN4O/c24-21-7-3-5-19(15-21)16-23(29)28-10-4-6-20(18-28)17-26-11-13-27(14-12-26)22-8-1-2-9-25-22/h1-3,5,7-9,15,20H,4,6,10-14,16-18H2. The lowest BCUT2D eigenvalue weighted by Gasteiger charge is -2.39. The number of amides is 1. The van der Waals surface area contributed by atoms with Crippen LogP contribution in [0.2, 0.25) is 0 Å². The smallest absolute Gasteiger partial charge is 0.227 e. The van der Waals surface area contributed by atoms with Crippen molar-refractivity contribution in [1.29, 1.82) is 0 Å². The molecule has 6 heteroatoms. The molecule has 0 saturated carbocycles. The highest BCUT2D eigenvalue weighted by molar-refractivity contribution is 5.78. The van der Waals surface area contributed by atoms with E-state index in [0.717, 1.165) is 63.6 Å². The van der Waals surface area contributed by atoms with Gasteiger partial charge >= 0.3 is 0 Å². The first-order valence-electron chi connectivity index (χ1n) is 10.6. The number of likely N-dealkylation sites (tertiary alicyclic amines) is 1. The summed E-state index contributed by atoms with van der Waals surface area (Å²) >= 11 is 0. The molecule has 1 aromatic heterocycles. The van der Waals surface area contributed by atoms with E-state index < -0.39 is 0 Å². The highest BCUT2D eigenvalue weighted by Crippen LogP contribution is 2.20. The summed E-state index contributed by atoms with van der Waals surface area (Å²) in [5.41, 5.74) is 0.753. The van der Waals surface area contributed by atoms with Crippen molar-refractivity contribution >= 4 is 11.7 Å². The second-order valence-corrected chi connectivity index (χ2v) is 8.13. The predicted molar refractivity (Wildman–Crippen MR) is 112 cm³/mol. The highest BCUT2D eigenvalue weighted by Gasteiger charge is 2.27. The molecule has 2 aliphatic rings. The van der Waals surface area contributed by atoms with Gasteiger partial charge in [0.25, 0.3) is 0 Å². The summed E-state index contributed by atoms with van der Waals surface area (Å²) in [5, 5.41) is 0. The fourth-order valence-electron chi connectivity index (χ4n) is 4.44. The van der Waals surface area contributed by atoms with Crippen molar-refractivity contribution < 1.29 is 9.18 Å². The zero-order chi connectivity index (χ0) is 20.1. The largest absolute Gasteiger partial charge is 0.354 e. The molecular weight excluding hydrogens is 367 g/mol. The third-order valence-electron chi connectivity index (χ3n) is 5.98. The van der Waals surface area contributed by atoms with Gasteiger partial charge in [0.1, 0.15) is 11.6 Å². The molecular formula is C23H29FN4O. The Morgan fingerprint density at radius 2 is 1.93 bits per heavy atom. The second-order valence-electron chi connectivity index (χ2n) is 8.13. The summed E-state index contributed by atoms with van der Waals surface area (Å²) < 4.78 is 13.4. The minimum Gasteiger partial charge on any atom is -0.354 e. The maximum atomic E-state index is 13.4. The zero-order valence-corrected chi connectivity index (χ0v) is 16.8. The normalized spacial score (nSPS) is 20.7. The van der Waals surface area contributed by atoms with Gasteiger partial charge in [-0.1, -0.05) is 18.2 Å². The minimum absolute atomic E-state index is 0.111. The Labute approximate surface area is 172 Å². The van der Waals surface area contributed by atoms with E-state index in [2.05, 4.69) is 20.9 Å². The van der Waals surface area contributed by atoms with Crippen molar-refractivity contribution in [3.63, 3.8) is 0 Å². The SMILES string of the molecule is O=C(Cc1cccc(F)c1)N1CCCC(CN2CCN(c3ccccn3)CC2)C1. The number of piperidine rings is 1. The number of carbonyl (C=O) groups excluding carboxylic acids is 1. The first-order valence-corrected chi connectivity index (χ1v) is 10.6. The van der Waals surface area contributed by atoms with Gasteiger partial charge in [0, 0.05) is 52.0 Å². The number of hydrogen-bond acceptors (Lipinski definition) is 4. The second kappa shape index (κ2) is 9.35. The van der Waals surface area contributed by atoms with Crippen molar-refractivity contribution in [2.45, 2.75) is 19.3 Å². The number of carbonyl (C=O) groups is 1. The molecule has 2 aromatic rings. The molecule has 154 valence electrons. The number of pyridine rings is 1. The van der Waals surface area contributed by atoms with E-state index in [1.807, 2.05) is 29.3 Å². The molecule has 1 atom stereocenters. The fourth-order valence-corrected chi connectivity index (χ4v) is 4.44. The van der Waals surface area contributed by atoms with Crippen molar-refractivity contribution in [2.75, 3.05) is 50.7 Å². The first kappa shape index (κ1) is 19.8. The fraction of sp³-hybridized carbons (Fsp3) is 0.478. The van der Waals surface area contributed by atoms with Crippen LogP contribution in [0, 0.1) is 11.7 Å². The van der Waals surface area contributed by atoms with Crippen LogP contribution in [-0.2, 0) is 11.2 Å². The van der Waals surface area contributed by atoms with Gasteiger partial charge in [-0.25, -0.2) is 9.37 Å². The van der Waals surface area contributed by atoms with E-state index in [1.54, 1.807) is 6.07 Å². The molecule has 2 fully saturated rings. The van der Waals surface area contributed by atoms with Gasteiger partial charge in [-0.3, -0.25) is 9.69 Å². The van der Waals surface area contributed by atoms with Crippen LogP contribution in [0.3, 0.4) is 0 Å². The Hall–Kier alpha value is -2.47. The summed E-state index contributed by atoms with van der Waals surface area (Å²) in [6, 6.07) is 12.4. The van der Waals surface area contributed by atoms with Gasteiger partial charge in [0.15, 0.2) is 0 Å². The number of aromatic nitrogens is 1. The van der Waals surface area contributed by atoms with Gasteiger partial charge in [-0.15, -0.1) is 0 Å². The van der Waals surface area contributed by atoms with E-state index in [0.29, 0.717) is 5.92 Å². The van der Waals surface area contributed by atoms with E-state index >= 15 is 0 Å². The molecule has 1 amide bonds. The van der Waals surface area contributed by atoms with Gasteiger partial charge < -0.3 is 9.80 Å². The maximum absolute atomic E-state index is 13.4. The number of nitrogens with zero attached hydrogens (tertiary/aromatic N) is 4. The molecule has 1 unspecified atom stereocenters. The van der Waals surface area contributed by atoms with Crippen LogP contribution in [0.5, 0.6) is 0 Å². The molecule has 4 rings (SSSR count). The van der Waals surface area contributed by atoms with E-state index in [-0.39, 0.29) is 18.1 Å². The Bertz CT molecular complexity index is 808. The van der Waals surface area contributed by atoms with Crippen LogP contribution in [0.1, 0.15) is 18.4 Å². The summed E-state index contributed by atoms with van der Waals surface area (Å²) in [6.07, 6.45) is 4.35. The number of piperazine rings is 1. The Kier molecular flexibility index (Phi) is 6.39. The average molecular weight is 397 g/mol. The number of anilines is 1. The zero-order valence-electron chi connectivity index (χ0n) is 16.8. The van der Waals surface area contributed by atoms with E-state index in [1.165, 1.54) is 18.6 Å². The number of hydrogen-bond donors (Lipinski definition) is 0. The summed E-state index contributed by atoms with van der Waals surface area (Å²) in [5.74, 6) is 1.40. The number of rotatable bonds is 5. The molecule has 1 aromatic carbocycles. The quantitative estimate of drug-likeness (QED) is 0.779. The Balaban J connectivity index is 1.25. The lowest BCUT2D eigenvalue weighted by atomic mass is 9.96. The number of benzene rings is 1. The monoisotopic (exact) mass is 396 g/mol. The summed E-state index contributed by atoms with van der Waals surface area (Å²) in [4.78, 5) is 24.0. The highest BCUT2D eigenvalue weighted by atomic mass is 19.1. The lowest BCUT2D eigenvalue weighted by molar-refractivity contribution is -0.132. The third-order valence-corrected chi connectivity index (χ3v) is 5.98. The van der Waals surface area contributed by atoms with Crippen LogP contribution in [0.25, 0.3) is 0 Å². The Morgan fingerprint density at radius 1 is 1.07 bits per heavy atom. The number of halogens is 1. The van der Waals surface area contributed by atoms with Crippen molar-refractivity contribution in [3.8, 4) is 0 Å². The maximum Gasteiger partial charge on any atom is 0.227 e. The molecule has 2 aliphatic heterocycles. The first-order chi connectivity index (χ1) is 14.2. The molecule has 0 bridgehead atoms. The van der Waals surface area contributed by atoms with Crippen LogP contribution >= 0.6 is 0 Å². The van der Waals surface area contributed by atoms with E-state index in [4.69, 9.17) is 0 Å². The summed E-state index contributed by atoms with van der Waals surface area (Å²) in [6.45, 7) is 6.72. The van der Waals surface area contributed by atoms with Crippen LogP contribution < -0.4 is 4.90 Å². The minimum atomic E-state index is -0.281. The van der Waals surface area contributed by atoms with Crippen LogP contribution in [-0.4, -0.2) is 66.5 Å². The van der Waals surface area contributed by atoms with Gasteiger partial charge in [0.2, 0.25) is 5.91 Å². The summed E-state index contributed by atoms with van der Waals surface area (Å²) in [7, 11) is 0. The topological polar surface area (TPSA) is 39.7 Å². The molecule has 3 heterocycles. The molecule has 5 nitrogen and oxygen atoms in total. The lowest BCUT2D eigenvalue weighted by Crippen LogP contribution is -2.50. The van der Waals surface area contributed by atoms with Crippen molar-refractivity contribution in [1.82, 2.24) is 14.8 Å². The average Bonchev–Trinajstić information content (AvgIpc) is 2.75.